The zero-order valence-corrected chi connectivity index (χ0v) is 15.1. The molecule has 2 aromatic heterocycles. The molecule has 1 N–H and O–H groups in total. The second-order valence-corrected chi connectivity index (χ2v) is 7.45. The van der Waals surface area contributed by atoms with Crippen LogP contribution in [0.1, 0.15) is 39.5 Å². The molecule has 0 aliphatic carbocycles. The van der Waals surface area contributed by atoms with Gasteiger partial charge in [0.15, 0.2) is 0 Å². The number of rotatable bonds is 8. The molecule has 2 aromatic rings. The van der Waals surface area contributed by atoms with E-state index in [2.05, 4.69) is 52.2 Å². The van der Waals surface area contributed by atoms with Gasteiger partial charge in [-0.2, -0.15) is 4.98 Å². The molecule has 0 aliphatic rings. The van der Waals surface area contributed by atoms with Crippen molar-refractivity contribution in [3.8, 4) is 10.7 Å². The van der Waals surface area contributed by atoms with Gasteiger partial charge in [-0.05, 0) is 47.3 Å². The first-order valence-corrected chi connectivity index (χ1v) is 9.06. The maximum Gasteiger partial charge on any atom is 0.228 e. The first-order chi connectivity index (χ1) is 10.1. The van der Waals surface area contributed by atoms with Crippen molar-refractivity contribution in [2.75, 3.05) is 6.54 Å². The van der Waals surface area contributed by atoms with E-state index in [-0.39, 0.29) is 0 Å². The molecular formula is C15H22BrN3OS. The number of aromatic nitrogens is 2. The standard InChI is InChI=1S/C15H22BrN3OS/c1-4-5-17-12(6-10(2)3)8-14-18-15(19-20-14)13-7-11(16)9-21-13/h7,9-10,12,17H,4-6,8H2,1-3H3. The Kier molecular flexibility index (Phi) is 6.39. The zero-order valence-electron chi connectivity index (χ0n) is 12.7. The third-order valence-corrected chi connectivity index (χ3v) is 4.80. The number of thiophene rings is 1. The molecule has 1 unspecified atom stereocenters. The summed E-state index contributed by atoms with van der Waals surface area (Å²) < 4.78 is 6.46. The number of hydrogen-bond donors (Lipinski definition) is 1. The zero-order chi connectivity index (χ0) is 15.2. The number of nitrogens with zero attached hydrogens (tertiary/aromatic N) is 2. The highest BCUT2D eigenvalue weighted by molar-refractivity contribution is 9.10. The predicted molar refractivity (Wildman–Crippen MR) is 90.6 cm³/mol. The van der Waals surface area contributed by atoms with Crippen molar-refractivity contribution in [2.24, 2.45) is 5.92 Å². The number of nitrogens with one attached hydrogen (secondary N) is 1. The Hall–Kier alpha value is -0.720. The molecule has 0 fully saturated rings. The Bertz CT molecular complexity index is 553. The van der Waals surface area contributed by atoms with Crippen LogP contribution < -0.4 is 5.32 Å². The minimum Gasteiger partial charge on any atom is -0.339 e. The van der Waals surface area contributed by atoms with E-state index in [1.54, 1.807) is 11.3 Å². The fraction of sp³-hybridized carbons (Fsp3) is 0.600. The van der Waals surface area contributed by atoms with Crippen LogP contribution in [0.25, 0.3) is 10.7 Å². The summed E-state index contributed by atoms with van der Waals surface area (Å²) in [5.74, 6) is 2.04. The Morgan fingerprint density at radius 2 is 2.24 bits per heavy atom. The largest absolute Gasteiger partial charge is 0.339 e. The first-order valence-electron chi connectivity index (χ1n) is 7.38. The lowest BCUT2D eigenvalue weighted by atomic mass is 10.0. The number of halogens is 1. The second kappa shape index (κ2) is 8.06. The van der Waals surface area contributed by atoms with Gasteiger partial charge in [0.1, 0.15) is 0 Å². The van der Waals surface area contributed by atoms with Crippen LogP contribution in [-0.2, 0) is 6.42 Å². The molecule has 4 nitrogen and oxygen atoms in total. The molecule has 1 atom stereocenters. The van der Waals surface area contributed by atoms with Gasteiger partial charge in [-0.1, -0.05) is 25.9 Å². The topological polar surface area (TPSA) is 51.0 Å². The molecule has 0 saturated carbocycles. The normalized spacial score (nSPS) is 13.0. The molecule has 0 spiro atoms. The second-order valence-electron chi connectivity index (χ2n) is 5.63. The van der Waals surface area contributed by atoms with Gasteiger partial charge in [-0.3, -0.25) is 0 Å². The SMILES string of the molecule is CCCNC(Cc1nc(-c2cc(Br)cs2)no1)CC(C)C. The minimum absolute atomic E-state index is 0.397. The fourth-order valence-electron chi connectivity index (χ4n) is 2.24. The van der Waals surface area contributed by atoms with E-state index < -0.39 is 0 Å². The van der Waals surface area contributed by atoms with Crippen LogP contribution in [0.15, 0.2) is 20.4 Å². The summed E-state index contributed by atoms with van der Waals surface area (Å²) in [4.78, 5) is 5.55. The lowest BCUT2D eigenvalue weighted by Crippen LogP contribution is -2.33. The van der Waals surface area contributed by atoms with Gasteiger partial charge in [0.25, 0.3) is 0 Å². The van der Waals surface area contributed by atoms with Crippen molar-refractivity contribution < 1.29 is 4.52 Å². The van der Waals surface area contributed by atoms with Crippen LogP contribution in [0.3, 0.4) is 0 Å². The summed E-state index contributed by atoms with van der Waals surface area (Å²) in [5, 5.41) is 9.68. The average molecular weight is 372 g/mol. The van der Waals surface area contributed by atoms with Crippen molar-refractivity contribution in [3.05, 3.63) is 21.8 Å². The minimum atomic E-state index is 0.397. The molecule has 0 bridgehead atoms. The molecule has 0 saturated heterocycles. The predicted octanol–water partition coefficient (Wildman–Crippen LogP) is 4.52. The molecule has 0 aliphatic heterocycles. The molecule has 0 aromatic carbocycles. The van der Waals surface area contributed by atoms with Crippen LogP contribution in [0.5, 0.6) is 0 Å². The van der Waals surface area contributed by atoms with Gasteiger partial charge in [-0.15, -0.1) is 11.3 Å². The highest BCUT2D eigenvalue weighted by Crippen LogP contribution is 2.27. The maximum absolute atomic E-state index is 5.41. The van der Waals surface area contributed by atoms with E-state index in [0.29, 0.717) is 23.7 Å². The van der Waals surface area contributed by atoms with Crippen molar-refractivity contribution in [3.63, 3.8) is 0 Å². The molecule has 21 heavy (non-hydrogen) atoms. The molecule has 2 rings (SSSR count). The smallest absolute Gasteiger partial charge is 0.228 e. The molecule has 116 valence electrons. The molecule has 0 radical (unpaired) electrons. The Morgan fingerprint density at radius 3 is 2.86 bits per heavy atom. The third-order valence-electron chi connectivity index (χ3n) is 3.12. The van der Waals surface area contributed by atoms with Crippen LogP contribution in [0.2, 0.25) is 0 Å². The van der Waals surface area contributed by atoms with E-state index in [1.807, 2.05) is 11.4 Å². The van der Waals surface area contributed by atoms with Crippen LogP contribution >= 0.6 is 27.3 Å². The highest BCUT2D eigenvalue weighted by Gasteiger charge is 2.16. The fourth-order valence-corrected chi connectivity index (χ4v) is 3.59. The van der Waals surface area contributed by atoms with E-state index in [9.17, 15) is 0 Å². The van der Waals surface area contributed by atoms with Crippen molar-refractivity contribution in [2.45, 2.75) is 46.1 Å². The monoisotopic (exact) mass is 371 g/mol. The molecule has 6 heteroatoms. The first kappa shape index (κ1) is 16.6. The lowest BCUT2D eigenvalue weighted by Gasteiger charge is -2.18. The van der Waals surface area contributed by atoms with Crippen molar-refractivity contribution in [1.82, 2.24) is 15.5 Å². The van der Waals surface area contributed by atoms with E-state index in [0.717, 1.165) is 35.2 Å². The lowest BCUT2D eigenvalue weighted by molar-refractivity contribution is 0.338. The summed E-state index contributed by atoms with van der Waals surface area (Å²) >= 11 is 5.06. The summed E-state index contributed by atoms with van der Waals surface area (Å²) in [5.41, 5.74) is 0. The quantitative estimate of drug-likeness (QED) is 0.740. The summed E-state index contributed by atoms with van der Waals surface area (Å²) in [6.45, 7) is 7.68. The highest BCUT2D eigenvalue weighted by atomic mass is 79.9. The third kappa shape index (κ3) is 5.20. The summed E-state index contributed by atoms with van der Waals surface area (Å²) in [7, 11) is 0. The Morgan fingerprint density at radius 1 is 1.43 bits per heavy atom. The van der Waals surface area contributed by atoms with Crippen molar-refractivity contribution in [1.29, 1.82) is 0 Å². The van der Waals surface area contributed by atoms with Crippen LogP contribution in [0.4, 0.5) is 0 Å². The van der Waals surface area contributed by atoms with Gasteiger partial charge in [0.05, 0.1) is 4.88 Å². The molecule has 0 amide bonds. The van der Waals surface area contributed by atoms with Gasteiger partial charge in [-0.25, -0.2) is 0 Å². The van der Waals surface area contributed by atoms with Crippen LogP contribution in [-0.4, -0.2) is 22.7 Å². The van der Waals surface area contributed by atoms with Crippen LogP contribution in [0, 0.1) is 5.92 Å². The van der Waals surface area contributed by atoms with Crippen molar-refractivity contribution >= 4 is 27.3 Å². The van der Waals surface area contributed by atoms with Gasteiger partial charge in [0.2, 0.25) is 11.7 Å². The van der Waals surface area contributed by atoms with E-state index >= 15 is 0 Å². The van der Waals surface area contributed by atoms with E-state index in [1.165, 1.54) is 0 Å². The van der Waals surface area contributed by atoms with Gasteiger partial charge >= 0.3 is 0 Å². The number of hydrogen-bond acceptors (Lipinski definition) is 5. The average Bonchev–Trinajstić information content (AvgIpc) is 3.04. The molecule has 2 heterocycles. The molecular weight excluding hydrogens is 350 g/mol. The summed E-state index contributed by atoms with van der Waals surface area (Å²) in [6.07, 6.45) is 3.03. The Balaban J connectivity index is 2.01. The summed E-state index contributed by atoms with van der Waals surface area (Å²) in [6, 6.07) is 2.41. The Labute approximate surface area is 138 Å². The maximum atomic E-state index is 5.41. The van der Waals surface area contributed by atoms with Gasteiger partial charge in [0, 0.05) is 22.3 Å². The van der Waals surface area contributed by atoms with E-state index in [4.69, 9.17) is 4.52 Å². The van der Waals surface area contributed by atoms with Gasteiger partial charge < -0.3 is 9.84 Å².